The molecule has 130 valence electrons. The molecule has 6 nitrogen and oxygen atoms in total. The van der Waals surface area contributed by atoms with Gasteiger partial charge in [-0.15, -0.1) is 0 Å². The van der Waals surface area contributed by atoms with Gasteiger partial charge >= 0.3 is 0 Å². The lowest BCUT2D eigenvalue weighted by atomic mass is 10.2. The van der Waals surface area contributed by atoms with E-state index in [9.17, 15) is 4.79 Å². The number of nitrogens with zero attached hydrogens (tertiary/aromatic N) is 4. The Balaban J connectivity index is 1.70. The van der Waals surface area contributed by atoms with Crippen molar-refractivity contribution in [3.05, 3.63) is 18.3 Å². The molecule has 1 aliphatic rings. The molecule has 1 aliphatic heterocycles. The van der Waals surface area contributed by atoms with Crippen LogP contribution in [0.1, 0.15) is 25.7 Å². The van der Waals surface area contributed by atoms with Gasteiger partial charge in [-0.1, -0.05) is 24.6 Å². The van der Waals surface area contributed by atoms with Gasteiger partial charge in [-0.2, -0.15) is 0 Å². The molecule has 3 heterocycles. The monoisotopic (exact) mass is 348 g/mol. The lowest BCUT2D eigenvalue weighted by Crippen LogP contribution is -2.33. The van der Waals surface area contributed by atoms with E-state index in [0.717, 1.165) is 42.3 Å². The molecule has 0 aliphatic carbocycles. The van der Waals surface area contributed by atoms with E-state index in [1.165, 1.54) is 24.6 Å². The van der Waals surface area contributed by atoms with Crippen LogP contribution in [-0.4, -0.2) is 57.9 Å². The maximum atomic E-state index is 12.5. The molecule has 3 rings (SSSR count). The Labute approximate surface area is 146 Å². The Morgan fingerprint density at radius 2 is 2.08 bits per heavy atom. The van der Waals surface area contributed by atoms with Crippen LogP contribution in [0, 0.1) is 0 Å². The smallest absolute Gasteiger partial charge is 0.233 e. The fourth-order valence-electron chi connectivity index (χ4n) is 2.97. The van der Waals surface area contributed by atoms with Gasteiger partial charge in [0, 0.05) is 26.4 Å². The zero-order chi connectivity index (χ0) is 16.8. The molecule has 0 unspecified atom stereocenters. The normalized spacial score (nSPS) is 15.6. The number of amides is 1. The average molecular weight is 348 g/mol. The van der Waals surface area contributed by atoms with E-state index in [1.807, 2.05) is 21.6 Å². The van der Waals surface area contributed by atoms with Crippen LogP contribution in [0.15, 0.2) is 23.5 Å². The van der Waals surface area contributed by atoms with Crippen molar-refractivity contribution in [2.45, 2.75) is 37.4 Å². The lowest BCUT2D eigenvalue weighted by Gasteiger charge is -2.19. The Hall–Kier alpha value is -1.60. The molecule has 1 fully saturated rings. The number of methoxy groups -OCH3 is 1. The summed E-state index contributed by atoms with van der Waals surface area (Å²) in [5, 5.41) is 0.837. The van der Waals surface area contributed by atoms with Gasteiger partial charge in [0.15, 0.2) is 10.8 Å². The van der Waals surface area contributed by atoms with Gasteiger partial charge in [0.25, 0.3) is 0 Å². The minimum absolute atomic E-state index is 0.209. The second kappa shape index (κ2) is 8.48. The van der Waals surface area contributed by atoms with Crippen molar-refractivity contribution in [3.8, 4) is 0 Å². The van der Waals surface area contributed by atoms with E-state index in [4.69, 9.17) is 4.74 Å². The third-order valence-corrected chi connectivity index (χ3v) is 5.23. The van der Waals surface area contributed by atoms with E-state index < -0.39 is 0 Å². The number of imidazole rings is 1. The van der Waals surface area contributed by atoms with E-state index in [-0.39, 0.29) is 5.91 Å². The average Bonchev–Trinajstić information content (AvgIpc) is 2.76. The van der Waals surface area contributed by atoms with Gasteiger partial charge in [0.2, 0.25) is 5.91 Å². The number of rotatable bonds is 6. The molecule has 0 radical (unpaired) electrons. The molecule has 0 bridgehead atoms. The first kappa shape index (κ1) is 17.2. The van der Waals surface area contributed by atoms with E-state index in [0.29, 0.717) is 18.9 Å². The molecule has 0 aromatic carbocycles. The number of likely N-dealkylation sites (tertiary alicyclic amines) is 1. The summed E-state index contributed by atoms with van der Waals surface area (Å²) in [5.41, 5.74) is 1.71. The highest BCUT2D eigenvalue weighted by Gasteiger charge is 2.18. The third-order valence-electron chi connectivity index (χ3n) is 4.27. The Morgan fingerprint density at radius 1 is 1.29 bits per heavy atom. The van der Waals surface area contributed by atoms with Crippen LogP contribution in [0.2, 0.25) is 0 Å². The van der Waals surface area contributed by atoms with Crippen LogP contribution >= 0.6 is 11.8 Å². The molecule has 0 atom stereocenters. The molecular weight excluding hydrogens is 324 g/mol. The van der Waals surface area contributed by atoms with Crippen LogP contribution in [0.5, 0.6) is 0 Å². The highest BCUT2D eigenvalue weighted by atomic mass is 32.2. The summed E-state index contributed by atoms with van der Waals surface area (Å²) in [6.07, 6.45) is 6.47. The van der Waals surface area contributed by atoms with Crippen molar-refractivity contribution >= 4 is 28.8 Å². The van der Waals surface area contributed by atoms with Gasteiger partial charge in [0.05, 0.1) is 18.9 Å². The number of pyridine rings is 1. The van der Waals surface area contributed by atoms with Gasteiger partial charge in [-0.25, -0.2) is 9.97 Å². The lowest BCUT2D eigenvalue weighted by molar-refractivity contribution is -0.128. The summed E-state index contributed by atoms with van der Waals surface area (Å²) >= 11 is 1.50. The predicted octanol–water partition coefficient (Wildman–Crippen LogP) is 2.57. The fourth-order valence-corrected chi connectivity index (χ4v) is 3.90. The van der Waals surface area contributed by atoms with Crippen LogP contribution in [0.3, 0.4) is 0 Å². The Morgan fingerprint density at radius 3 is 2.83 bits per heavy atom. The third kappa shape index (κ3) is 4.08. The molecule has 24 heavy (non-hydrogen) atoms. The Kier molecular flexibility index (Phi) is 6.09. The minimum Gasteiger partial charge on any atom is -0.383 e. The zero-order valence-corrected chi connectivity index (χ0v) is 14.9. The van der Waals surface area contributed by atoms with E-state index >= 15 is 0 Å². The number of carbonyl (C=O) groups excluding carboxylic acids is 1. The summed E-state index contributed by atoms with van der Waals surface area (Å²) in [4.78, 5) is 23.6. The first-order valence-electron chi connectivity index (χ1n) is 8.50. The van der Waals surface area contributed by atoms with Crippen molar-refractivity contribution in [2.24, 2.45) is 0 Å². The SMILES string of the molecule is COCCn1c(SCC(=O)N2CCCCCC2)nc2cccnc21. The van der Waals surface area contributed by atoms with Crippen molar-refractivity contribution in [1.29, 1.82) is 0 Å². The summed E-state index contributed by atoms with van der Waals surface area (Å²) in [5.74, 6) is 0.635. The summed E-state index contributed by atoms with van der Waals surface area (Å²) in [6.45, 7) is 3.06. The van der Waals surface area contributed by atoms with Crippen LogP contribution < -0.4 is 0 Å². The van der Waals surface area contributed by atoms with Gasteiger partial charge in [-0.3, -0.25) is 4.79 Å². The standard InChI is InChI=1S/C17H24N4O2S/c1-23-12-11-21-16-14(7-6-8-18-16)19-17(21)24-13-15(22)20-9-4-2-3-5-10-20/h6-8H,2-5,9-13H2,1H3. The second-order valence-corrected chi connectivity index (χ2v) is 6.91. The molecule has 2 aromatic heterocycles. The van der Waals surface area contributed by atoms with Crippen LogP contribution in [-0.2, 0) is 16.1 Å². The van der Waals surface area contributed by atoms with Crippen LogP contribution in [0.4, 0.5) is 0 Å². The topological polar surface area (TPSA) is 60.2 Å². The first-order chi connectivity index (χ1) is 11.8. The number of carbonyl (C=O) groups is 1. The summed E-state index contributed by atoms with van der Waals surface area (Å²) < 4.78 is 7.23. The number of ether oxygens (including phenoxy) is 1. The molecule has 1 amide bonds. The molecule has 2 aromatic rings. The van der Waals surface area contributed by atoms with Crippen LogP contribution in [0.25, 0.3) is 11.2 Å². The fraction of sp³-hybridized carbons (Fsp3) is 0.588. The molecule has 1 saturated heterocycles. The van der Waals surface area contributed by atoms with Crippen molar-refractivity contribution in [2.75, 3.05) is 32.6 Å². The molecule has 7 heteroatoms. The minimum atomic E-state index is 0.209. The van der Waals surface area contributed by atoms with Crippen molar-refractivity contribution < 1.29 is 9.53 Å². The molecular formula is C17H24N4O2S. The summed E-state index contributed by atoms with van der Waals surface area (Å²) in [7, 11) is 1.68. The number of fused-ring (bicyclic) bond motifs is 1. The highest BCUT2D eigenvalue weighted by Crippen LogP contribution is 2.23. The van der Waals surface area contributed by atoms with Crippen molar-refractivity contribution in [3.63, 3.8) is 0 Å². The van der Waals surface area contributed by atoms with E-state index in [1.54, 1.807) is 13.3 Å². The Bertz CT molecular complexity index is 680. The molecule has 0 N–H and O–H groups in total. The second-order valence-electron chi connectivity index (χ2n) is 5.97. The summed E-state index contributed by atoms with van der Waals surface area (Å²) in [6, 6.07) is 3.83. The zero-order valence-electron chi connectivity index (χ0n) is 14.1. The first-order valence-corrected chi connectivity index (χ1v) is 9.49. The maximum Gasteiger partial charge on any atom is 0.233 e. The molecule has 0 saturated carbocycles. The number of hydrogen-bond acceptors (Lipinski definition) is 5. The highest BCUT2D eigenvalue weighted by molar-refractivity contribution is 7.99. The predicted molar refractivity (Wildman–Crippen MR) is 95.2 cm³/mol. The largest absolute Gasteiger partial charge is 0.383 e. The molecule has 0 spiro atoms. The van der Waals surface area contributed by atoms with Gasteiger partial charge in [-0.05, 0) is 25.0 Å². The number of hydrogen-bond donors (Lipinski definition) is 0. The van der Waals surface area contributed by atoms with Gasteiger partial charge < -0.3 is 14.2 Å². The number of thioether (sulfide) groups is 1. The van der Waals surface area contributed by atoms with Crippen molar-refractivity contribution in [1.82, 2.24) is 19.4 Å². The van der Waals surface area contributed by atoms with Gasteiger partial charge in [0.1, 0.15) is 5.52 Å². The quantitative estimate of drug-likeness (QED) is 0.751. The number of aromatic nitrogens is 3. The van der Waals surface area contributed by atoms with E-state index in [2.05, 4.69) is 9.97 Å². The maximum absolute atomic E-state index is 12.5.